The van der Waals surface area contributed by atoms with Gasteiger partial charge in [-0.2, -0.15) is 0 Å². The molecule has 0 saturated carbocycles. The van der Waals surface area contributed by atoms with Crippen LogP contribution in [0.25, 0.3) is 0 Å². The van der Waals surface area contributed by atoms with Gasteiger partial charge in [-0.1, -0.05) is 109 Å². The first-order valence-corrected chi connectivity index (χ1v) is 15.8. The van der Waals surface area contributed by atoms with E-state index in [1.165, 1.54) is 94.5 Å². The van der Waals surface area contributed by atoms with Gasteiger partial charge in [0.2, 0.25) is 0 Å². The van der Waals surface area contributed by atoms with Crippen LogP contribution >= 0.6 is 0 Å². The molecule has 0 amide bonds. The molecule has 0 radical (unpaired) electrons. The van der Waals surface area contributed by atoms with Crippen LogP contribution in [0.2, 0.25) is 0 Å². The molecule has 0 aliphatic heterocycles. The summed E-state index contributed by atoms with van der Waals surface area (Å²) in [5.74, 6) is -3.61. The highest BCUT2D eigenvalue weighted by atomic mass is 16.5. The number of carboxylic acid groups (broad SMARTS) is 3. The monoisotopic (exact) mass is 598 g/mol. The lowest BCUT2D eigenvalue weighted by Gasteiger charge is -2.09. The second-order valence-electron chi connectivity index (χ2n) is 10.8. The van der Waals surface area contributed by atoms with E-state index in [1.54, 1.807) is 12.1 Å². The van der Waals surface area contributed by atoms with Crippen LogP contribution in [-0.4, -0.2) is 45.8 Å². The first-order chi connectivity index (χ1) is 20.7. The van der Waals surface area contributed by atoms with Gasteiger partial charge in [-0.15, -0.1) is 0 Å². The standard InChI is InChI=1S/C18H26O4.C17H24O4/c1-2-3-4-5-6-7-8-9-13-22-18(21)16-12-10-11-15(14-16)17(19)20;1-2-3-4-5-6-7-8-10-13-14(16(18)19)11-9-12-15(13)17(20)21/h10-12,14H,2-9,13H2,1H3,(H,19,20);9,11-12H,2-8,10H2,1H3,(H,18,19)(H,20,21). The van der Waals surface area contributed by atoms with Crippen molar-refractivity contribution in [1.82, 2.24) is 0 Å². The van der Waals surface area contributed by atoms with E-state index in [0.717, 1.165) is 32.1 Å². The van der Waals surface area contributed by atoms with Crippen molar-refractivity contribution < 1.29 is 39.2 Å². The molecule has 2 aromatic rings. The lowest BCUT2D eigenvalue weighted by atomic mass is 9.95. The topological polar surface area (TPSA) is 138 Å². The number of aromatic carboxylic acids is 3. The van der Waals surface area contributed by atoms with Crippen molar-refractivity contribution >= 4 is 23.9 Å². The molecule has 2 rings (SSSR count). The lowest BCUT2D eigenvalue weighted by molar-refractivity contribution is 0.0496. The third-order valence-corrected chi connectivity index (χ3v) is 7.24. The normalized spacial score (nSPS) is 10.5. The number of benzene rings is 2. The Morgan fingerprint density at radius 3 is 1.49 bits per heavy atom. The Morgan fingerprint density at radius 2 is 1.00 bits per heavy atom. The number of rotatable bonds is 21. The average molecular weight is 599 g/mol. The van der Waals surface area contributed by atoms with E-state index in [0.29, 0.717) is 24.2 Å². The molecule has 3 N–H and O–H groups in total. The zero-order valence-corrected chi connectivity index (χ0v) is 25.9. The van der Waals surface area contributed by atoms with Crippen LogP contribution in [0.15, 0.2) is 42.5 Å². The number of hydrogen-bond donors (Lipinski definition) is 3. The minimum atomic E-state index is -1.06. The predicted octanol–water partition coefficient (Wildman–Crippen LogP) is 9.06. The molecule has 0 spiro atoms. The molecule has 0 unspecified atom stereocenters. The maximum atomic E-state index is 11.8. The summed E-state index contributed by atoms with van der Waals surface area (Å²) in [4.78, 5) is 45.1. The Kier molecular flexibility index (Phi) is 19.9. The summed E-state index contributed by atoms with van der Waals surface area (Å²) >= 11 is 0. The summed E-state index contributed by atoms with van der Waals surface area (Å²) in [6.07, 6.45) is 17.9. The molecular formula is C35H50O8. The van der Waals surface area contributed by atoms with Crippen molar-refractivity contribution in [2.24, 2.45) is 0 Å². The van der Waals surface area contributed by atoms with Crippen molar-refractivity contribution in [2.45, 2.75) is 117 Å². The molecule has 8 heteroatoms. The molecule has 0 atom stereocenters. The van der Waals surface area contributed by atoms with E-state index in [2.05, 4.69) is 13.8 Å². The van der Waals surface area contributed by atoms with E-state index in [1.807, 2.05) is 0 Å². The highest BCUT2D eigenvalue weighted by Gasteiger charge is 2.17. The van der Waals surface area contributed by atoms with Crippen LogP contribution in [0.1, 0.15) is 157 Å². The Morgan fingerprint density at radius 1 is 0.558 bits per heavy atom. The molecule has 0 saturated heterocycles. The van der Waals surface area contributed by atoms with E-state index in [4.69, 9.17) is 9.84 Å². The second kappa shape index (κ2) is 22.9. The van der Waals surface area contributed by atoms with Gasteiger partial charge in [0.15, 0.2) is 0 Å². The fourth-order valence-electron chi connectivity index (χ4n) is 4.78. The number of carbonyl (C=O) groups excluding carboxylic acids is 1. The molecule has 0 aliphatic rings. The number of esters is 1. The Bertz CT molecular complexity index is 1090. The Balaban J connectivity index is 0.000000430. The van der Waals surface area contributed by atoms with Crippen LogP contribution < -0.4 is 0 Å². The quantitative estimate of drug-likeness (QED) is 0.0955. The van der Waals surface area contributed by atoms with Crippen LogP contribution in [0, 0.1) is 0 Å². The van der Waals surface area contributed by atoms with Crippen LogP contribution in [0.4, 0.5) is 0 Å². The predicted molar refractivity (Wildman–Crippen MR) is 168 cm³/mol. The summed E-state index contributed by atoms with van der Waals surface area (Å²) in [7, 11) is 0. The molecule has 0 aromatic heterocycles. The first-order valence-electron chi connectivity index (χ1n) is 15.8. The van der Waals surface area contributed by atoms with Crippen molar-refractivity contribution in [3.05, 3.63) is 70.3 Å². The number of hydrogen-bond acceptors (Lipinski definition) is 5. The number of carbonyl (C=O) groups is 4. The van der Waals surface area contributed by atoms with Gasteiger partial charge in [-0.3, -0.25) is 0 Å². The highest BCUT2D eigenvalue weighted by molar-refractivity contribution is 5.96. The second-order valence-corrected chi connectivity index (χ2v) is 10.8. The Labute approximate surface area is 256 Å². The molecule has 0 aliphatic carbocycles. The minimum absolute atomic E-state index is 0.0986. The van der Waals surface area contributed by atoms with Gasteiger partial charge in [0.05, 0.1) is 28.9 Å². The van der Waals surface area contributed by atoms with Crippen LogP contribution in [0.5, 0.6) is 0 Å². The molecule has 238 valence electrons. The van der Waals surface area contributed by atoms with E-state index in [-0.39, 0.29) is 16.7 Å². The third-order valence-electron chi connectivity index (χ3n) is 7.24. The van der Waals surface area contributed by atoms with E-state index in [9.17, 15) is 29.4 Å². The summed E-state index contributed by atoms with van der Waals surface area (Å²) in [5, 5.41) is 27.2. The SMILES string of the molecule is CCCCCCCCCCOC(=O)c1cccc(C(=O)O)c1.CCCCCCCCCc1c(C(=O)O)cccc1C(=O)O. The van der Waals surface area contributed by atoms with Crippen molar-refractivity contribution in [2.75, 3.05) is 6.61 Å². The van der Waals surface area contributed by atoms with E-state index >= 15 is 0 Å². The van der Waals surface area contributed by atoms with E-state index < -0.39 is 23.9 Å². The molecule has 2 aromatic carbocycles. The van der Waals surface area contributed by atoms with Gasteiger partial charge < -0.3 is 20.1 Å². The minimum Gasteiger partial charge on any atom is -0.478 e. The molecule has 0 fully saturated rings. The molecule has 8 nitrogen and oxygen atoms in total. The maximum absolute atomic E-state index is 11.8. The zero-order valence-electron chi connectivity index (χ0n) is 25.9. The maximum Gasteiger partial charge on any atom is 0.338 e. The summed E-state index contributed by atoms with van der Waals surface area (Å²) in [6.45, 7) is 4.78. The largest absolute Gasteiger partial charge is 0.478 e. The Hall–Kier alpha value is -3.68. The van der Waals surface area contributed by atoms with Gasteiger partial charge in [-0.05, 0) is 55.2 Å². The average Bonchev–Trinajstić information content (AvgIpc) is 2.99. The molecular weight excluding hydrogens is 548 g/mol. The van der Waals surface area contributed by atoms with Gasteiger partial charge in [0.1, 0.15) is 0 Å². The van der Waals surface area contributed by atoms with Crippen molar-refractivity contribution in [1.29, 1.82) is 0 Å². The van der Waals surface area contributed by atoms with Gasteiger partial charge >= 0.3 is 23.9 Å². The summed E-state index contributed by atoms with van der Waals surface area (Å²) in [5.41, 5.74) is 1.06. The lowest BCUT2D eigenvalue weighted by Crippen LogP contribution is -2.10. The van der Waals surface area contributed by atoms with Gasteiger partial charge in [-0.25, -0.2) is 19.2 Å². The van der Waals surface area contributed by atoms with Gasteiger partial charge in [0.25, 0.3) is 0 Å². The molecule has 0 bridgehead atoms. The molecule has 0 heterocycles. The highest BCUT2D eigenvalue weighted by Crippen LogP contribution is 2.19. The number of ether oxygens (including phenoxy) is 1. The fraction of sp³-hybridized carbons (Fsp3) is 0.543. The summed E-state index contributed by atoms with van der Waals surface area (Å²) < 4.78 is 5.18. The van der Waals surface area contributed by atoms with Gasteiger partial charge in [0, 0.05) is 0 Å². The number of unbranched alkanes of at least 4 members (excludes halogenated alkanes) is 13. The zero-order chi connectivity index (χ0) is 31.9. The number of carboxylic acids is 3. The smallest absolute Gasteiger partial charge is 0.338 e. The summed E-state index contributed by atoms with van der Waals surface area (Å²) in [6, 6.07) is 10.4. The third kappa shape index (κ3) is 15.9. The fourth-order valence-corrected chi connectivity index (χ4v) is 4.78. The van der Waals surface area contributed by atoms with Crippen molar-refractivity contribution in [3.63, 3.8) is 0 Å². The van der Waals surface area contributed by atoms with Crippen LogP contribution in [0.3, 0.4) is 0 Å². The molecule has 43 heavy (non-hydrogen) atoms. The van der Waals surface area contributed by atoms with Crippen LogP contribution in [-0.2, 0) is 11.2 Å². The first kappa shape index (κ1) is 37.3. The van der Waals surface area contributed by atoms with Crippen molar-refractivity contribution in [3.8, 4) is 0 Å².